The monoisotopic (exact) mass is 427 g/mol. The van der Waals surface area contributed by atoms with Crippen LogP contribution in [0.2, 0.25) is 0 Å². The average Bonchev–Trinajstić information content (AvgIpc) is 3.02. The number of nitrogens with one attached hydrogen (secondary N) is 1. The molecule has 2 aromatic rings. The van der Waals surface area contributed by atoms with Crippen LogP contribution in [0.4, 0.5) is 5.82 Å². The first-order chi connectivity index (χ1) is 14.4. The molecule has 0 saturated carbocycles. The summed E-state index contributed by atoms with van der Waals surface area (Å²) in [5.41, 5.74) is 0.510. The first-order valence-electron chi connectivity index (χ1n) is 10.0. The van der Waals surface area contributed by atoms with E-state index in [-0.39, 0.29) is 22.6 Å². The summed E-state index contributed by atoms with van der Waals surface area (Å²) in [4.78, 5) is 26.4. The number of fused-ring (bicyclic) bond motifs is 1. The molecule has 0 unspecified atom stereocenters. The minimum absolute atomic E-state index is 0.0731. The smallest absolute Gasteiger partial charge is 0.263 e. The highest BCUT2D eigenvalue weighted by molar-refractivity contribution is 7.90. The lowest BCUT2D eigenvalue weighted by Gasteiger charge is -2.37. The molecule has 1 atom stereocenters. The van der Waals surface area contributed by atoms with Gasteiger partial charge < -0.3 is 9.80 Å². The van der Waals surface area contributed by atoms with Crippen molar-refractivity contribution in [3.63, 3.8) is 0 Å². The second-order valence-corrected chi connectivity index (χ2v) is 9.42. The second kappa shape index (κ2) is 8.06. The van der Waals surface area contributed by atoms with E-state index in [0.29, 0.717) is 31.7 Å². The van der Waals surface area contributed by atoms with Gasteiger partial charge in [-0.3, -0.25) is 14.5 Å². The molecule has 158 valence electrons. The molecule has 8 nitrogen and oxygen atoms in total. The molecule has 1 N–H and O–H groups in total. The maximum absolute atomic E-state index is 13.3. The molecule has 1 fully saturated rings. The largest absolute Gasteiger partial charge is 0.353 e. The lowest BCUT2D eigenvalue weighted by Crippen LogP contribution is -2.52. The van der Waals surface area contributed by atoms with Gasteiger partial charge in [0.25, 0.3) is 10.0 Å². The maximum atomic E-state index is 13.3. The standard InChI is InChI=1S/C21H25N5O3S/c1-15(2)19(23-20-16-7-3-4-8-17(16)30(28,29)24-20)21(27)26-13-11-25(12-14-26)18-9-5-6-10-22-18/h3-10,15,19H,11-14H2,1-2H3,(H,23,24)/t19-/m1/s1. The third-order valence-electron chi connectivity index (χ3n) is 5.38. The van der Waals surface area contributed by atoms with Gasteiger partial charge in [0.1, 0.15) is 17.7 Å². The van der Waals surface area contributed by atoms with E-state index in [1.165, 1.54) is 0 Å². The van der Waals surface area contributed by atoms with Crippen molar-refractivity contribution in [3.05, 3.63) is 54.2 Å². The Hall–Kier alpha value is -2.94. The van der Waals surface area contributed by atoms with Crippen LogP contribution in [0.15, 0.2) is 58.5 Å². The van der Waals surface area contributed by atoms with Gasteiger partial charge in [-0.2, -0.15) is 0 Å². The van der Waals surface area contributed by atoms with Crippen LogP contribution in [0.3, 0.4) is 0 Å². The number of hydrogen-bond donors (Lipinski definition) is 1. The highest BCUT2D eigenvalue weighted by atomic mass is 32.2. The Balaban J connectivity index is 1.52. The molecule has 0 radical (unpaired) electrons. The number of nitrogens with zero attached hydrogens (tertiary/aromatic N) is 4. The third-order valence-corrected chi connectivity index (χ3v) is 6.78. The number of carbonyl (C=O) groups excluding carboxylic acids is 1. The number of benzene rings is 1. The molecular formula is C21H25N5O3S. The molecule has 1 saturated heterocycles. The van der Waals surface area contributed by atoms with Crippen LogP contribution in [0.25, 0.3) is 0 Å². The minimum atomic E-state index is -3.63. The number of amides is 1. The number of sulfonamides is 1. The molecule has 9 heteroatoms. The summed E-state index contributed by atoms with van der Waals surface area (Å²) in [5.74, 6) is 0.991. The van der Waals surface area contributed by atoms with Crippen LogP contribution < -0.4 is 9.62 Å². The van der Waals surface area contributed by atoms with Crippen molar-refractivity contribution in [2.75, 3.05) is 31.1 Å². The average molecular weight is 428 g/mol. The van der Waals surface area contributed by atoms with Gasteiger partial charge in [0.15, 0.2) is 0 Å². The molecule has 0 bridgehead atoms. The Morgan fingerprint density at radius 2 is 1.77 bits per heavy atom. The zero-order valence-corrected chi connectivity index (χ0v) is 17.8. The molecule has 3 heterocycles. The van der Waals surface area contributed by atoms with Crippen molar-refractivity contribution in [2.45, 2.75) is 24.8 Å². The first-order valence-corrected chi connectivity index (χ1v) is 11.5. The summed E-state index contributed by atoms with van der Waals surface area (Å²) in [5, 5.41) is 0. The van der Waals surface area contributed by atoms with Gasteiger partial charge in [0.05, 0.1) is 4.90 Å². The Morgan fingerprint density at radius 3 is 2.43 bits per heavy atom. The number of pyridine rings is 1. The molecule has 1 aromatic heterocycles. The SMILES string of the molecule is CC(C)[C@@H](N=C1NS(=O)(=O)c2ccccc21)C(=O)N1CCN(c2ccccn2)CC1. The molecule has 30 heavy (non-hydrogen) atoms. The Bertz CT molecular complexity index is 1060. The molecule has 0 aliphatic carbocycles. The quantitative estimate of drug-likeness (QED) is 0.798. The number of aliphatic imine (C=N–C) groups is 1. The Labute approximate surface area is 176 Å². The van der Waals surface area contributed by atoms with E-state index in [1.54, 1.807) is 30.5 Å². The molecule has 2 aliphatic rings. The normalized spacial score (nSPS) is 20.2. The zero-order valence-electron chi connectivity index (χ0n) is 17.0. The predicted octanol–water partition coefficient (Wildman–Crippen LogP) is 1.49. The number of rotatable bonds is 4. The topological polar surface area (TPSA) is 95.0 Å². The van der Waals surface area contributed by atoms with Crippen molar-refractivity contribution in [3.8, 4) is 0 Å². The van der Waals surface area contributed by atoms with Gasteiger partial charge in [0.2, 0.25) is 5.91 Å². The van der Waals surface area contributed by atoms with Crippen molar-refractivity contribution in [1.82, 2.24) is 14.6 Å². The van der Waals surface area contributed by atoms with Crippen molar-refractivity contribution in [2.24, 2.45) is 10.9 Å². The van der Waals surface area contributed by atoms with E-state index >= 15 is 0 Å². The van der Waals surface area contributed by atoms with E-state index in [0.717, 1.165) is 5.82 Å². The van der Waals surface area contributed by atoms with E-state index in [1.807, 2.05) is 36.9 Å². The van der Waals surface area contributed by atoms with Gasteiger partial charge in [-0.25, -0.2) is 13.4 Å². The molecule has 4 rings (SSSR count). The maximum Gasteiger partial charge on any atom is 0.263 e. The van der Waals surface area contributed by atoms with Crippen molar-refractivity contribution < 1.29 is 13.2 Å². The fraction of sp³-hybridized carbons (Fsp3) is 0.381. The van der Waals surface area contributed by atoms with Crippen LogP contribution in [0.1, 0.15) is 19.4 Å². The van der Waals surface area contributed by atoms with E-state index in [9.17, 15) is 13.2 Å². The van der Waals surface area contributed by atoms with Crippen molar-refractivity contribution in [1.29, 1.82) is 0 Å². The Morgan fingerprint density at radius 1 is 1.07 bits per heavy atom. The summed E-state index contributed by atoms with van der Waals surface area (Å²) < 4.78 is 27.2. The number of piperazine rings is 1. The number of anilines is 1. The minimum Gasteiger partial charge on any atom is -0.353 e. The van der Waals surface area contributed by atoms with Gasteiger partial charge in [0, 0.05) is 37.9 Å². The second-order valence-electron chi connectivity index (χ2n) is 7.77. The fourth-order valence-corrected chi connectivity index (χ4v) is 4.98. The molecule has 2 aliphatic heterocycles. The summed E-state index contributed by atoms with van der Waals surface area (Å²) in [6.45, 7) is 6.38. The molecule has 1 aromatic carbocycles. The highest BCUT2D eigenvalue weighted by Crippen LogP contribution is 2.24. The van der Waals surface area contributed by atoms with E-state index in [2.05, 4.69) is 19.6 Å². The van der Waals surface area contributed by atoms with Gasteiger partial charge >= 0.3 is 0 Å². The summed E-state index contributed by atoms with van der Waals surface area (Å²) >= 11 is 0. The van der Waals surface area contributed by atoms with Gasteiger partial charge in [-0.1, -0.05) is 32.0 Å². The van der Waals surface area contributed by atoms with Crippen molar-refractivity contribution >= 4 is 27.6 Å². The third kappa shape index (κ3) is 3.89. The van der Waals surface area contributed by atoms with Crippen LogP contribution in [0, 0.1) is 5.92 Å². The lowest BCUT2D eigenvalue weighted by atomic mass is 10.0. The number of hydrogen-bond acceptors (Lipinski definition) is 6. The van der Waals surface area contributed by atoms with Crippen LogP contribution >= 0.6 is 0 Å². The van der Waals surface area contributed by atoms with E-state index < -0.39 is 16.1 Å². The lowest BCUT2D eigenvalue weighted by molar-refractivity contribution is -0.133. The van der Waals surface area contributed by atoms with Crippen LogP contribution in [-0.2, 0) is 14.8 Å². The molecule has 0 spiro atoms. The fourth-order valence-electron chi connectivity index (χ4n) is 3.74. The van der Waals surface area contributed by atoms with Crippen LogP contribution in [0.5, 0.6) is 0 Å². The zero-order chi connectivity index (χ0) is 21.3. The van der Waals surface area contributed by atoms with E-state index in [4.69, 9.17) is 0 Å². The van der Waals surface area contributed by atoms with Gasteiger partial charge in [-0.05, 0) is 30.2 Å². The predicted molar refractivity (Wildman–Crippen MR) is 115 cm³/mol. The number of amidine groups is 1. The van der Waals surface area contributed by atoms with Crippen LogP contribution in [-0.4, -0.2) is 62.3 Å². The number of carbonyl (C=O) groups is 1. The summed E-state index contributed by atoms with van der Waals surface area (Å²) in [7, 11) is -3.63. The number of aromatic nitrogens is 1. The molecular weight excluding hydrogens is 402 g/mol. The first kappa shape index (κ1) is 20.3. The highest BCUT2D eigenvalue weighted by Gasteiger charge is 2.34. The summed E-state index contributed by atoms with van der Waals surface area (Å²) in [6, 6.07) is 11.8. The molecule has 1 amide bonds. The Kier molecular flexibility index (Phi) is 5.46. The van der Waals surface area contributed by atoms with Gasteiger partial charge in [-0.15, -0.1) is 0 Å². The summed E-state index contributed by atoms with van der Waals surface area (Å²) in [6.07, 6.45) is 1.76.